The number of amides is 2. The van der Waals surface area contributed by atoms with Crippen molar-refractivity contribution in [3.8, 4) is 0 Å². The van der Waals surface area contributed by atoms with Crippen molar-refractivity contribution in [2.24, 2.45) is 0 Å². The highest BCUT2D eigenvalue weighted by Gasteiger charge is 2.33. The zero-order valence-electron chi connectivity index (χ0n) is 18.1. The fourth-order valence-corrected chi connectivity index (χ4v) is 5.05. The number of sulfone groups is 1. The summed E-state index contributed by atoms with van der Waals surface area (Å²) in [4.78, 5) is 14.1. The molecule has 176 valence electrons. The Balaban J connectivity index is 1.64. The van der Waals surface area contributed by atoms with Gasteiger partial charge in [-0.25, -0.2) is 13.2 Å². The Hall–Kier alpha value is -3.27. The lowest BCUT2D eigenvalue weighted by atomic mass is 10.1. The molecule has 0 unspecified atom stereocenters. The Labute approximate surface area is 190 Å². The highest BCUT2D eigenvalue weighted by atomic mass is 32.2. The van der Waals surface area contributed by atoms with Crippen LogP contribution < -0.4 is 15.5 Å². The number of alkyl halides is 3. The lowest BCUT2D eigenvalue weighted by molar-refractivity contribution is -0.136. The van der Waals surface area contributed by atoms with Gasteiger partial charge in [-0.15, -0.1) is 0 Å². The zero-order chi connectivity index (χ0) is 24.2. The first kappa shape index (κ1) is 24.4. The monoisotopic (exact) mass is 479 g/mol. The van der Waals surface area contributed by atoms with Crippen LogP contribution in [0.2, 0.25) is 0 Å². The number of halogens is 3. The molecule has 3 rings (SSSR count). The number of carbonyl (C=O) groups is 1. The second-order valence-corrected chi connectivity index (χ2v) is 9.70. The number of benzene rings is 3. The molecule has 6 nitrogen and oxygen atoms in total. The van der Waals surface area contributed by atoms with Gasteiger partial charge in [0.05, 0.1) is 21.9 Å². The van der Waals surface area contributed by atoms with Crippen molar-refractivity contribution < 1.29 is 26.4 Å². The van der Waals surface area contributed by atoms with Gasteiger partial charge in [-0.2, -0.15) is 13.2 Å². The first-order valence-corrected chi connectivity index (χ1v) is 11.8. The smallest absolute Gasteiger partial charge is 0.377 e. The van der Waals surface area contributed by atoms with Crippen LogP contribution in [0.25, 0.3) is 10.8 Å². The number of rotatable bonds is 7. The minimum absolute atomic E-state index is 0.0209. The van der Waals surface area contributed by atoms with Crippen molar-refractivity contribution in [3.05, 3.63) is 66.2 Å². The molecular weight excluding hydrogens is 455 g/mol. The molecule has 33 heavy (non-hydrogen) atoms. The third kappa shape index (κ3) is 5.75. The third-order valence-corrected chi connectivity index (χ3v) is 6.88. The predicted molar refractivity (Wildman–Crippen MR) is 123 cm³/mol. The SMILES string of the molecule is CN(C)c1cccc2c(S(=O)(=O)CCCNC(=O)Nc3ccccc3C(F)(F)F)cccc12. The Bertz CT molecular complexity index is 1260. The number of para-hydroxylation sites is 1. The third-order valence-electron chi connectivity index (χ3n) is 5.03. The van der Waals surface area contributed by atoms with Crippen LogP contribution in [0.3, 0.4) is 0 Å². The van der Waals surface area contributed by atoms with E-state index in [9.17, 15) is 26.4 Å². The lowest BCUT2D eigenvalue weighted by Crippen LogP contribution is -2.31. The van der Waals surface area contributed by atoms with Crippen molar-refractivity contribution in [1.82, 2.24) is 5.32 Å². The van der Waals surface area contributed by atoms with E-state index in [0.29, 0.717) is 5.39 Å². The van der Waals surface area contributed by atoms with Crippen molar-refractivity contribution in [2.75, 3.05) is 36.6 Å². The second-order valence-electron chi connectivity index (χ2n) is 7.62. The van der Waals surface area contributed by atoms with Crippen molar-refractivity contribution in [1.29, 1.82) is 0 Å². The van der Waals surface area contributed by atoms with Crippen LogP contribution in [0, 0.1) is 0 Å². The van der Waals surface area contributed by atoms with Crippen LogP contribution >= 0.6 is 0 Å². The van der Waals surface area contributed by atoms with Gasteiger partial charge >= 0.3 is 12.2 Å². The second kappa shape index (κ2) is 9.70. The number of carbonyl (C=O) groups excluding carboxylic acids is 1. The molecule has 0 atom stereocenters. The Morgan fingerprint density at radius 1 is 0.939 bits per heavy atom. The Kier molecular flexibility index (Phi) is 7.16. The summed E-state index contributed by atoms with van der Waals surface area (Å²) in [5.74, 6) is -0.224. The number of hydrogen-bond donors (Lipinski definition) is 2. The largest absolute Gasteiger partial charge is 0.418 e. The topological polar surface area (TPSA) is 78.5 Å². The normalized spacial score (nSPS) is 11.9. The zero-order valence-corrected chi connectivity index (χ0v) is 18.9. The molecule has 0 radical (unpaired) electrons. The molecule has 0 aliphatic rings. The molecule has 0 saturated carbocycles. The van der Waals surface area contributed by atoms with E-state index in [1.165, 1.54) is 12.1 Å². The van der Waals surface area contributed by atoms with Crippen LogP contribution in [-0.4, -0.2) is 40.8 Å². The van der Waals surface area contributed by atoms with Crippen molar-refractivity contribution >= 4 is 38.0 Å². The minimum atomic E-state index is -4.61. The predicted octanol–water partition coefficient (Wildman–Crippen LogP) is 4.91. The Morgan fingerprint density at radius 2 is 1.61 bits per heavy atom. The highest BCUT2D eigenvalue weighted by molar-refractivity contribution is 7.91. The van der Waals surface area contributed by atoms with Gasteiger partial charge in [0.25, 0.3) is 0 Å². The summed E-state index contributed by atoms with van der Waals surface area (Å²) in [6.07, 6.45) is -4.51. The molecule has 10 heteroatoms. The molecular formula is C23H24F3N3O3S. The number of hydrogen-bond acceptors (Lipinski definition) is 4. The number of anilines is 2. The molecule has 0 fully saturated rings. The van der Waals surface area contributed by atoms with Gasteiger partial charge in [0, 0.05) is 37.1 Å². The maximum atomic E-state index is 13.0. The molecule has 0 aromatic heterocycles. The van der Waals surface area contributed by atoms with E-state index in [0.717, 1.165) is 23.2 Å². The maximum absolute atomic E-state index is 13.0. The van der Waals surface area contributed by atoms with Crippen LogP contribution in [0.5, 0.6) is 0 Å². The lowest BCUT2D eigenvalue weighted by Gasteiger charge is -2.17. The Morgan fingerprint density at radius 3 is 2.30 bits per heavy atom. The molecule has 3 aromatic carbocycles. The molecule has 0 bridgehead atoms. The summed E-state index contributed by atoms with van der Waals surface area (Å²) < 4.78 is 65.0. The quantitative estimate of drug-likeness (QED) is 0.472. The van der Waals surface area contributed by atoms with E-state index in [2.05, 4.69) is 10.6 Å². The molecule has 0 spiro atoms. The van der Waals surface area contributed by atoms with Gasteiger partial charge in [0.2, 0.25) is 0 Å². The fraction of sp³-hybridized carbons (Fsp3) is 0.261. The molecule has 3 aromatic rings. The summed E-state index contributed by atoms with van der Waals surface area (Å²) >= 11 is 0. The van der Waals surface area contributed by atoms with Gasteiger partial charge in [-0.05, 0) is 30.7 Å². The van der Waals surface area contributed by atoms with E-state index in [1.54, 1.807) is 24.3 Å². The summed E-state index contributed by atoms with van der Waals surface area (Å²) in [5.41, 5.74) is -0.444. The van der Waals surface area contributed by atoms with E-state index in [-0.39, 0.29) is 29.3 Å². The van der Waals surface area contributed by atoms with E-state index < -0.39 is 27.6 Å². The summed E-state index contributed by atoms with van der Waals surface area (Å²) in [6, 6.07) is 14.3. The van der Waals surface area contributed by atoms with Crippen LogP contribution in [0.4, 0.5) is 29.3 Å². The average Bonchev–Trinajstić information content (AvgIpc) is 2.75. The van der Waals surface area contributed by atoms with Gasteiger partial charge in [0.15, 0.2) is 9.84 Å². The molecule has 2 amide bonds. The number of urea groups is 1. The van der Waals surface area contributed by atoms with Crippen LogP contribution in [0.1, 0.15) is 12.0 Å². The van der Waals surface area contributed by atoms with Crippen LogP contribution in [0.15, 0.2) is 65.6 Å². The highest BCUT2D eigenvalue weighted by Crippen LogP contribution is 2.34. The summed E-state index contributed by atoms with van der Waals surface area (Å²) in [7, 11) is 0.0983. The molecule has 0 aliphatic heterocycles. The average molecular weight is 480 g/mol. The number of nitrogens with one attached hydrogen (secondary N) is 2. The number of nitrogens with zero attached hydrogens (tertiary/aromatic N) is 1. The van der Waals surface area contributed by atoms with Gasteiger partial charge in [0.1, 0.15) is 0 Å². The van der Waals surface area contributed by atoms with Gasteiger partial charge in [-0.1, -0.05) is 36.4 Å². The molecule has 0 aliphatic carbocycles. The summed E-state index contributed by atoms with van der Waals surface area (Å²) in [5, 5.41) is 5.99. The summed E-state index contributed by atoms with van der Waals surface area (Å²) in [6.45, 7) is -0.0209. The van der Waals surface area contributed by atoms with Gasteiger partial charge in [-0.3, -0.25) is 0 Å². The molecule has 0 saturated heterocycles. The standard InChI is InChI=1S/C23H24F3N3O3S/c1-29(2)20-12-5-9-17-16(20)8-6-13-21(17)33(31,32)15-7-14-27-22(30)28-19-11-4-3-10-18(19)23(24,25)26/h3-6,8-13H,7,14-15H2,1-2H3,(H2,27,28,30). The first-order chi connectivity index (χ1) is 15.5. The first-order valence-electron chi connectivity index (χ1n) is 10.1. The van der Waals surface area contributed by atoms with E-state index in [4.69, 9.17) is 0 Å². The maximum Gasteiger partial charge on any atom is 0.418 e. The minimum Gasteiger partial charge on any atom is -0.377 e. The molecule has 2 N–H and O–H groups in total. The van der Waals surface area contributed by atoms with E-state index in [1.807, 2.05) is 31.1 Å². The van der Waals surface area contributed by atoms with Crippen molar-refractivity contribution in [3.63, 3.8) is 0 Å². The number of fused-ring (bicyclic) bond motifs is 1. The van der Waals surface area contributed by atoms with Crippen molar-refractivity contribution in [2.45, 2.75) is 17.5 Å². The van der Waals surface area contributed by atoms with E-state index >= 15 is 0 Å². The molecule has 0 heterocycles. The van der Waals surface area contributed by atoms with Crippen LogP contribution in [-0.2, 0) is 16.0 Å². The van der Waals surface area contributed by atoms with Gasteiger partial charge < -0.3 is 15.5 Å². The fourth-order valence-electron chi connectivity index (χ4n) is 3.51.